The highest BCUT2D eigenvalue weighted by Crippen LogP contribution is 2.46. The monoisotopic (exact) mass is 277 g/mol. The van der Waals surface area contributed by atoms with Crippen LogP contribution >= 0.6 is 0 Å². The van der Waals surface area contributed by atoms with Gasteiger partial charge < -0.3 is 15.2 Å². The van der Waals surface area contributed by atoms with E-state index >= 15 is 0 Å². The van der Waals surface area contributed by atoms with Gasteiger partial charge in [0.2, 0.25) is 0 Å². The third-order valence-corrected chi connectivity index (χ3v) is 4.84. The first-order valence-electron chi connectivity index (χ1n) is 7.52. The van der Waals surface area contributed by atoms with E-state index in [0.717, 1.165) is 11.5 Å². The molecule has 0 radical (unpaired) electrons. The molecule has 2 N–H and O–H groups in total. The molecular weight excluding hydrogens is 250 g/mol. The Hall–Kier alpha value is -1.22. The van der Waals surface area contributed by atoms with E-state index in [0.29, 0.717) is 6.54 Å². The van der Waals surface area contributed by atoms with Gasteiger partial charge in [-0.2, -0.15) is 0 Å². The molecule has 0 heterocycles. The Labute approximate surface area is 122 Å². The summed E-state index contributed by atoms with van der Waals surface area (Å²) in [6.07, 6.45) is 6.23. The SMILES string of the molecule is COc1cc(C)c(C2(CN)CCCCC2)c(C)c1OC. The minimum atomic E-state index is 0.117. The first kappa shape index (κ1) is 15.2. The van der Waals surface area contributed by atoms with E-state index < -0.39 is 0 Å². The van der Waals surface area contributed by atoms with Crippen LogP contribution in [0.1, 0.15) is 48.8 Å². The van der Waals surface area contributed by atoms with Crippen molar-refractivity contribution in [3.05, 3.63) is 22.8 Å². The van der Waals surface area contributed by atoms with Crippen molar-refractivity contribution >= 4 is 0 Å². The fourth-order valence-corrected chi connectivity index (χ4v) is 3.93. The van der Waals surface area contributed by atoms with Gasteiger partial charge >= 0.3 is 0 Å². The van der Waals surface area contributed by atoms with Crippen molar-refractivity contribution in [1.29, 1.82) is 0 Å². The zero-order chi connectivity index (χ0) is 14.8. The quantitative estimate of drug-likeness (QED) is 0.916. The Morgan fingerprint density at radius 3 is 2.25 bits per heavy atom. The maximum absolute atomic E-state index is 6.20. The number of hydrogen-bond acceptors (Lipinski definition) is 3. The van der Waals surface area contributed by atoms with Gasteiger partial charge in [0.05, 0.1) is 14.2 Å². The molecule has 1 saturated carbocycles. The molecule has 20 heavy (non-hydrogen) atoms. The van der Waals surface area contributed by atoms with Gasteiger partial charge in [0.25, 0.3) is 0 Å². The lowest BCUT2D eigenvalue weighted by atomic mass is 9.67. The van der Waals surface area contributed by atoms with E-state index in [2.05, 4.69) is 19.9 Å². The zero-order valence-corrected chi connectivity index (χ0v) is 13.2. The average Bonchev–Trinajstić information content (AvgIpc) is 2.47. The van der Waals surface area contributed by atoms with Crippen LogP contribution in [0, 0.1) is 13.8 Å². The van der Waals surface area contributed by atoms with E-state index in [-0.39, 0.29) is 5.41 Å². The van der Waals surface area contributed by atoms with Crippen molar-refractivity contribution in [2.45, 2.75) is 51.4 Å². The molecule has 0 saturated heterocycles. The maximum Gasteiger partial charge on any atom is 0.163 e. The fraction of sp³-hybridized carbons (Fsp3) is 0.647. The number of ether oxygens (including phenoxy) is 2. The van der Waals surface area contributed by atoms with Gasteiger partial charge in [-0.15, -0.1) is 0 Å². The van der Waals surface area contributed by atoms with Crippen molar-refractivity contribution in [1.82, 2.24) is 0 Å². The fourth-order valence-electron chi connectivity index (χ4n) is 3.93. The first-order chi connectivity index (χ1) is 9.59. The lowest BCUT2D eigenvalue weighted by molar-refractivity contribution is 0.294. The van der Waals surface area contributed by atoms with Crippen LogP contribution in [-0.2, 0) is 5.41 Å². The third-order valence-electron chi connectivity index (χ3n) is 4.84. The second kappa shape index (κ2) is 6.04. The number of benzene rings is 1. The lowest BCUT2D eigenvalue weighted by Crippen LogP contribution is -2.38. The molecule has 3 heteroatoms. The van der Waals surface area contributed by atoms with E-state index in [1.807, 2.05) is 0 Å². The number of nitrogens with two attached hydrogens (primary N) is 1. The summed E-state index contributed by atoms with van der Waals surface area (Å²) < 4.78 is 11.0. The molecule has 1 aromatic carbocycles. The molecule has 112 valence electrons. The molecule has 2 rings (SSSR count). The lowest BCUT2D eigenvalue weighted by Gasteiger charge is -2.39. The normalized spacial score (nSPS) is 17.9. The van der Waals surface area contributed by atoms with Gasteiger partial charge in [-0.25, -0.2) is 0 Å². The molecule has 0 spiro atoms. The molecule has 1 aliphatic carbocycles. The predicted octanol–water partition coefficient (Wildman–Crippen LogP) is 3.48. The second-order valence-corrected chi connectivity index (χ2v) is 5.97. The minimum absolute atomic E-state index is 0.117. The van der Waals surface area contributed by atoms with Gasteiger partial charge in [0.1, 0.15) is 0 Å². The van der Waals surface area contributed by atoms with Crippen LogP contribution in [0.15, 0.2) is 6.07 Å². The molecule has 0 unspecified atom stereocenters. The second-order valence-electron chi connectivity index (χ2n) is 5.97. The predicted molar refractivity (Wildman–Crippen MR) is 82.8 cm³/mol. The molecule has 1 fully saturated rings. The minimum Gasteiger partial charge on any atom is -0.493 e. The highest BCUT2D eigenvalue weighted by atomic mass is 16.5. The summed E-state index contributed by atoms with van der Waals surface area (Å²) in [5.74, 6) is 1.67. The number of methoxy groups -OCH3 is 2. The Morgan fingerprint density at radius 1 is 1.10 bits per heavy atom. The number of hydrogen-bond donors (Lipinski definition) is 1. The zero-order valence-electron chi connectivity index (χ0n) is 13.2. The Bertz CT molecular complexity index is 476. The molecule has 1 aliphatic rings. The summed E-state index contributed by atoms with van der Waals surface area (Å²) in [6, 6.07) is 2.09. The summed E-state index contributed by atoms with van der Waals surface area (Å²) >= 11 is 0. The van der Waals surface area contributed by atoms with Crippen molar-refractivity contribution in [3.8, 4) is 11.5 Å². The Kier molecular flexibility index (Phi) is 4.59. The standard InChI is InChI=1S/C17H27NO2/c1-12-10-14(19-3)16(20-4)13(2)15(12)17(11-18)8-6-5-7-9-17/h10H,5-9,11,18H2,1-4H3. The topological polar surface area (TPSA) is 44.5 Å². The summed E-state index contributed by atoms with van der Waals surface area (Å²) in [5.41, 5.74) is 10.2. The van der Waals surface area contributed by atoms with Crippen molar-refractivity contribution in [2.24, 2.45) is 5.73 Å². The van der Waals surface area contributed by atoms with Crippen molar-refractivity contribution in [2.75, 3.05) is 20.8 Å². The summed E-state index contributed by atoms with van der Waals surface area (Å²) in [7, 11) is 3.40. The Balaban J connectivity index is 2.60. The molecule has 0 aromatic heterocycles. The summed E-state index contributed by atoms with van der Waals surface area (Å²) in [4.78, 5) is 0. The van der Waals surface area contributed by atoms with Gasteiger partial charge in [0, 0.05) is 12.0 Å². The molecular formula is C17H27NO2. The van der Waals surface area contributed by atoms with Gasteiger partial charge in [-0.1, -0.05) is 19.3 Å². The van der Waals surface area contributed by atoms with E-state index in [1.54, 1.807) is 14.2 Å². The molecule has 0 amide bonds. The van der Waals surface area contributed by atoms with Gasteiger partial charge in [0.15, 0.2) is 11.5 Å². The van der Waals surface area contributed by atoms with Crippen LogP contribution in [0.4, 0.5) is 0 Å². The van der Waals surface area contributed by atoms with Crippen LogP contribution in [0.25, 0.3) is 0 Å². The smallest absolute Gasteiger partial charge is 0.163 e. The molecule has 0 bridgehead atoms. The van der Waals surface area contributed by atoms with Gasteiger partial charge in [-0.05, 0) is 49.4 Å². The number of rotatable bonds is 4. The van der Waals surface area contributed by atoms with Crippen LogP contribution < -0.4 is 15.2 Å². The van der Waals surface area contributed by atoms with Crippen molar-refractivity contribution < 1.29 is 9.47 Å². The van der Waals surface area contributed by atoms with E-state index in [9.17, 15) is 0 Å². The highest BCUT2D eigenvalue weighted by Gasteiger charge is 2.36. The van der Waals surface area contributed by atoms with Crippen molar-refractivity contribution in [3.63, 3.8) is 0 Å². The molecule has 3 nitrogen and oxygen atoms in total. The van der Waals surface area contributed by atoms with Crippen LogP contribution in [0.3, 0.4) is 0 Å². The van der Waals surface area contributed by atoms with Crippen LogP contribution in [0.5, 0.6) is 11.5 Å². The third kappa shape index (κ3) is 2.39. The highest BCUT2D eigenvalue weighted by molar-refractivity contribution is 5.56. The van der Waals surface area contributed by atoms with E-state index in [4.69, 9.17) is 15.2 Å². The average molecular weight is 277 g/mol. The Morgan fingerprint density at radius 2 is 1.75 bits per heavy atom. The molecule has 0 atom stereocenters. The van der Waals surface area contributed by atoms with Crippen LogP contribution in [0.2, 0.25) is 0 Å². The van der Waals surface area contributed by atoms with Crippen LogP contribution in [-0.4, -0.2) is 20.8 Å². The van der Waals surface area contributed by atoms with Gasteiger partial charge in [-0.3, -0.25) is 0 Å². The largest absolute Gasteiger partial charge is 0.493 e. The summed E-state index contributed by atoms with van der Waals surface area (Å²) in [6.45, 7) is 5.01. The maximum atomic E-state index is 6.20. The summed E-state index contributed by atoms with van der Waals surface area (Å²) in [5, 5.41) is 0. The number of aryl methyl sites for hydroxylation is 1. The molecule has 0 aliphatic heterocycles. The first-order valence-corrected chi connectivity index (χ1v) is 7.52. The van der Waals surface area contributed by atoms with E-state index in [1.165, 1.54) is 48.8 Å². The molecule has 1 aromatic rings.